The quantitative estimate of drug-likeness (QED) is 0.811. The van der Waals surface area contributed by atoms with Crippen LogP contribution in [0, 0.1) is 0 Å². The van der Waals surface area contributed by atoms with Gasteiger partial charge in [-0.25, -0.2) is 0 Å². The van der Waals surface area contributed by atoms with E-state index in [1.54, 1.807) is 7.05 Å². The van der Waals surface area contributed by atoms with Crippen LogP contribution in [0.2, 0.25) is 0 Å². The number of aryl methyl sites for hydroxylation is 1. The second-order valence-electron chi connectivity index (χ2n) is 4.67. The Morgan fingerprint density at radius 3 is 3.00 bits per heavy atom. The average molecular weight is 244 g/mol. The molecule has 0 fully saturated rings. The van der Waals surface area contributed by atoms with Gasteiger partial charge >= 0.3 is 0 Å². The van der Waals surface area contributed by atoms with Gasteiger partial charge in [0.15, 0.2) is 5.82 Å². The predicted octanol–water partition coefficient (Wildman–Crippen LogP) is 0.100. The van der Waals surface area contributed by atoms with Crippen molar-refractivity contribution in [1.29, 1.82) is 0 Å². The lowest BCUT2D eigenvalue weighted by Crippen LogP contribution is -2.43. The molecule has 0 saturated heterocycles. The van der Waals surface area contributed by atoms with Gasteiger partial charge in [-0.3, -0.25) is 0 Å². The van der Waals surface area contributed by atoms with Crippen LogP contribution in [-0.2, 0) is 20.0 Å². The van der Waals surface area contributed by atoms with Crippen molar-refractivity contribution in [3.8, 4) is 0 Å². The van der Waals surface area contributed by atoms with E-state index in [2.05, 4.69) is 38.5 Å². The molecule has 94 valence electrons. The number of anilines is 1. The van der Waals surface area contributed by atoms with Gasteiger partial charge in [-0.05, 0) is 23.3 Å². The minimum atomic E-state index is 0.163. The smallest absolute Gasteiger partial charge is 0.193 e. The minimum absolute atomic E-state index is 0.163. The summed E-state index contributed by atoms with van der Waals surface area (Å²) in [6, 6.07) is 8.52. The molecule has 1 atom stereocenters. The number of nitrogens with two attached hydrogens (primary N) is 1. The molecular weight excluding hydrogens is 228 g/mol. The van der Waals surface area contributed by atoms with Gasteiger partial charge in [0.05, 0.1) is 13.6 Å². The molecule has 0 spiro atoms. The Balaban J connectivity index is 1.88. The maximum Gasteiger partial charge on any atom is 0.193 e. The summed E-state index contributed by atoms with van der Waals surface area (Å²) >= 11 is 0. The van der Waals surface area contributed by atoms with E-state index in [0.29, 0.717) is 6.54 Å². The molecule has 0 aliphatic carbocycles. The molecule has 3 rings (SSSR count). The summed E-state index contributed by atoms with van der Waals surface area (Å²) in [5.74, 6) is 0.724. The summed E-state index contributed by atoms with van der Waals surface area (Å²) < 4.78 is 0. The van der Waals surface area contributed by atoms with E-state index < -0.39 is 0 Å². The third-order valence-corrected chi connectivity index (χ3v) is 3.15. The van der Waals surface area contributed by atoms with Crippen molar-refractivity contribution < 1.29 is 0 Å². The number of fused-ring (bicyclic) bond motifs is 1. The predicted molar refractivity (Wildman–Crippen MR) is 68.0 cm³/mol. The molecule has 0 bridgehead atoms. The molecule has 18 heavy (non-hydrogen) atoms. The monoisotopic (exact) mass is 244 g/mol. The third-order valence-electron chi connectivity index (χ3n) is 3.15. The zero-order valence-corrected chi connectivity index (χ0v) is 10.3. The van der Waals surface area contributed by atoms with E-state index in [1.807, 2.05) is 6.07 Å². The van der Waals surface area contributed by atoms with Gasteiger partial charge in [-0.15, -0.1) is 10.2 Å². The Morgan fingerprint density at radius 1 is 1.39 bits per heavy atom. The molecule has 2 heterocycles. The van der Waals surface area contributed by atoms with Crippen molar-refractivity contribution in [2.45, 2.75) is 19.0 Å². The van der Waals surface area contributed by atoms with Crippen molar-refractivity contribution in [2.24, 2.45) is 12.8 Å². The van der Waals surface area contributed by atoms with Crippen LogP contribution in [0.25, 0.3) is 0 Å². The highest BCUT2D eigenvalue weighted by Crippen LogP contribution is 2.27. The van der Waals surface area contributed by atoms with Crippen LogP contribution in [0.5, 0.6) is 0 Å². The zero-order valence-electron chi connectivity index (χ0n) is 10.3. The van der Waals surface area contributed by atoms with Crippen LogP contribution in [0.1, 0.15) is 11.4 Å². The molecule has 2 N–H and O–H groups in total. The van der Waals surface area contributed by atoms with Gasteiger partial charge in [0.1, 0.15) is 0 Å². The van der Waals surface area contributed by atoms with Crippen molar-refractivity contribution in [3.05, 3.63) is 35.7 Å². The van der Waals surface area contributed by atoms with E-state index in [1.165, 1.54) is 16.0 Å². The lowest BCUT2D eigenvalue weighted by Gasteiger charge is -2.33. The highest BCUT2D eigenvalue weighted by Gasteiger charge is 2.22. The fourth-order valence-electron chi connectivity index (χ4n) is 2.43. The number of para-hydroxylation sites is 1. The van der Waals surface area contributed by atoms with Crippen LogP contribution in [0.15, 0.2) is 24.3 Å². The van der Waals surface area contributed by atoms with Crippen LogP contribution < -0.4 is 10.6 Å². The summed E-state index contributed by atoms with van der Waals surface area (Å²) in [7, 11) is 1.77. The normalized spacial score (nSPS) is 18.8. The average Bonchev–Trinajstić information content (AvgIpc) is 2.74. The SMILES string of the molecule is Cn1nnc(CN2CC(N)Cc3ccccc32)n1. The molecule has 2 aromatic rings. The fraction of sp³-hybridized carbons (Fsp3) is 0.417. The molecule has 1 aliphatic heterocycles. The first-order valence-electron chi connectivity index (χ1n) is 6.03. The number of hydrogen-bond acceptors (Lipinski definition) is 5. The first kappa shape index (κ1) is 11.2. The Kier molecular flexibility index (Phi) is 2.71. The Hall–Kier alpha value is -1.95. The molecule has 6 nitrogen and oxygen atoms in total. The van der Waals surface area contributed by atoms with Gasteiger partial charge in [0.2, 0.25) is 0 Å². The highest BCUT2D eigenvalue weighted by molar-refractivity contribution is 5.56. The van der Waals surface area contributed by atoms with Crippen molar-refractivity contribution in [3.63, 3.8) is 0 Å². The minimum Gasteiger partial charge on any atom is -0.362 e. The van der Waals surface area contributed by atoms with Crippen molar-refractivity contribution in [1.82, 2.24) is 20.2 Å². The zero-order chi connectivity index (χ0) is 12.5. The lowest BCUT2D eigenvalue weighted by atomic mass is 9.98. The van der Waals surface area contributed by atoms with Crippen LogP contribution in [-0.4, -0.2) is 32.8 Å². The van der Waals surface area contributed by atoms with E-state index in [-0.39, 0.29) is 6.04 Å². The van der Waals surface area contributed by atoms with E-state index in [0.717, 1.165) is 18.8 Å². The number of aromatic nitrogens is 4. The van der Waals surface area contributed by atoms with Crippen LogP contribution in [0.4, 0.5) is 5.69 Å². The first-order chi connectivity index (χ1) is 8.72. The number of hydrogen-bond donors (Lipinski definition) is 1. The molecule has 1 aromatic heterocycles. The van der Waals surface area contributed by atoms with Gasteiger partial charge in [0.25, 0.3) is 0 Å². The summed E-state index contributed by atoms with van der Waals surface area (Å²) in [4.78, 5) is 3.70. The largest absolute Gasteiger partial charge is 0.362 e. The summed E-state index contributed by atoms with van der Waals surface area (Å²) in [5, 5.41) is 12.1. The highest BCUT2D eigenvalue weighted by atomic mass is 15.6. The van der Waals surface area contributed by atoms with Crippen molar-refractivity contribution >= 4 is 5.69 Å². The maximum absolute atomic E-state index is 6.10. The van der Waals surface area contributed by atoms with Gasteiger partial charge in [-0.2, -0.15) is 4.80 Å². The molecule has 0 saturated carbocycles. The molecular formula is C12H16N6. The van der Waals surface area contributed by atoms with Crippen LogP contribution >= 0.6 is 0 Å². The molecule has 1 aromatic carbocycles. The third kappa shape index (κ3) is 2.06. The van der Waals surface area contributed by atoms with Gasteiger partial charge < -0.3 is 10.6 Å². The summed E-state index contributed by atoms with van der Waals surface area (Å²) in [6.45, 7) is 1.48. The first-order valence-corrected chi connectivity index (χ1v) is 6.03. The van der Waals surface area contributed by atoms with Gasteiger partial charge in [0, 0.05) is 18.3 Å². The molecule has 1 unspecified atom stereocenters. The number of nitrogens with zero attached hydrogens (tertiary/aromatic N) is 5. The van der Waals surface area contributed by atoms with E-state index in [4.69, 9.17) is 5.73 Å². The number of rotatable bonds is 2. The van der Waals surface area contributed by atoms with Gasteiger partial charge in [-0.1, -0.05) is 18.2 Å². The number of benzene rings is 1. The Labute approximate surface area is 105 Å². The van der Waals surface area contributed by atoms with Crippen LogP contribution in [0.3, 0.4) is 0 Å². The lowest BCUT2D eigenvalue weighted by molar-refractivity contribution is 0.588. The maximum atomic E-state index is 6.10. The second kappa shape index (κ2) is 4.38. The Bertz CT molecular complexity index is 549. The summed E-state index contributed by atoms with van der Waals surface area (Å²) in [6.07, 6.45) is 0.931. The van der Waals surface area contributed by atoms with E-state index >= 15 is 0 Å². The second-order valence-corrected chi connectivity index (χ2v) is 4.67. The molecule has 0 amide bonds. The number of tetrazole rings is 1. The topological polar surface area (TPSA) is 72.9 Å². The standard InChI is InChI=1S/C12H16N6/c1-17-15-12(14-16-17)8-18-7-10(13)6-9-4-2-3-5-11(9)18/h2-5,10H,6-8,13H2,1H3. The summed E-state index contributed by atoms with van der Waals surface area (Å²) in [5.41, 5.74) is 8.62. The van der Waals surface area contributed by atoms with Crippen molar-refractivity contribution in [2.75, 3.05) is 11.4 Å². The Morgan fingerprint density at radius 2 is 2.22 bits per heavy atom. The fourth-order valence-corrected chi connectivity index (χ4v) is 2.43. The molecule has 6 heteroatoms. The molecule has 0 radical (unpaired) electrons. The molecule has 1 aliphatic rings. The van der Waals surface area contributed by atoms with E-state index in [9.17, 15) is 0 Å².